The van der Waals surface area contributed by atoms with Gasteiger partial charge in [-0.25, -0.2) is 4.98 Å². The SMILES string of the molecule is CCC(C)CN(CC)c1nc(C)ccc1C(=N)N. The minimum atomic E-state index is 0.0834. The molecule has 0 saturated carbocycles. The molecule has 18 heavy (non-hydrogen) atoms. The Labute approximate surface area is 110 Å². The predicted octanol–water partition coefficient (Wildman–Crippen LogP) is 2.55. The van der Waals surface area contributed by atoms with E-state index < -0.39 is 0 Å². The summed E-state index contributed by atoms with van der Waals surface area (Å²) in [6.45, 7) is 10.3. The summed E-state index contributed by atoms with van der Waals surface area (Å²) in [4.78, 5) is 6.76. The molecule has 1 unspecified atom stereocenters. The van der Waals surface area contributed by atoms with Crippen LogP contribution in [-0.2, 0) is 0 Å². The van der Waals surface area contributed by atoms with E-state index in [1.54, 1.807) is 0 Å². The van der Waals surface area contributed by atoms with Crippen LogP contribution in [0.1, 0.15) is 38.4 Å². The number of rotatable bonds is 6. The van der Waals surface area contributed by atoms with E-state index in [4.69, 9.17) is 11.1 Å². The van der Waals surface area contributed by atoms with Crippen LogP contribution in [0.3, 0.4) is 0 Å². The van der Waals surface area contributed by atoms with E-state index in [9.17, 15) is 0 Å². The number of pyridine rings is 1. The number of aromatic nitrogens is 1. The quantitative estimate of drug-likeness (QED) is 0.600. The van der Waals surface area contributed by atoms with Crippen LogP contribution in [0.15, 0.2) is 12.1 Å². The van der Waals surface area contributed by atoms with Gasteiger partial charge in [-0.05, 0) is 31.9 Å². The molecule has 0 aliphatic carbocycles. The molecule has 0 fully saturated rings. The maximum Gasteiger partial charge on any atom is 0.139 e. The van der Waals surface area contributed by atoms with E-state index in [0.29, 0.717) is 5.92 Å². The Hall–Kier alpha value is -1.58. The second kappa shape index (κ2) is 6.38. The van der Waals surface area contributed by atoms with E-state index in [1.807, 2.05) is 19.1 Å². The monoisotopic (exact) mass is 248 g/mol. The predicted molar refractivity (Wildman–Crippen MR) is 77.3 cm³/mol. The number of hydrogen-bond acceptors (Lipinski definition) is 3. The summed E-state index contributed by atoms with van der Waals surface area (Å²) in [6, 6.07) is 3.79. The van der Waals surface area contributed by atoms with E-state index in [1.165, 1.54) is 0 Å². The summed E-state index contributed by atoms with van der Waals surface area (Å²) in [5, 5.41) is 7.65. The van der Waals surface area contributed by atoms with Crippen LogP contribution >= 0.6 is 0 Å². The van der Waals surface area contributed by atoms with Crippen LogP contribution < -0.4 is 10.6 Å². The van der Waals surface area contributed by atoms with Crippen LogP contribution in [0.4, 0.5) is 5.82 Å². The fourth-order valence-electron chi connectivity index (χ4n) is 1.86. The first-order chi connectivity index (χ1) is 8.49. The average molecular weight is 248 g/mol. The molecule has 1 rings (SSSR count). The lowest BCUT2D eigenvalue weighted by atomic mass is 10.1. The van der Waals surface area contributed by atoms with Gasteiger partial charge in [0, 0.05) is 18.8 Å². The van der Waals surface area contributed by atoms with Gasteiger partial charge < -0.3 is 10.6 Å². The van der Waals surface area contributed by atoms with Crippen LogP contribution in [0.25, 0.3) is 0 Å². The summed E-state index contributed by atoms with van der Waals surface area (Å²) < 4.78 is 0. The van der Waals surface area contributed by atoms with E-state index >= 15 is 0 Å². The summed E-state index contributed by atoms with van der Waals surface area (Å²) in [7, 11) is 0. The fraction of sp³-hybridized carbons (Fsp3) is 0.571. The number of aryl methyl sites for hydroxylation is 1. The topological polar surface area (TPSA) is 66.0 Å². The third kappa shape index (κ3) is 3.45. The maximum absolute atomic E-state index is 7.65. The maximum atomic E-state index is 7.65. The number of nitrogen functional groups attached to an aromatic ring is 1. The van der Waals surface area contributed by atoms with Crippen molar-refractivity contribution in [3.63, 3.8) is 0 Å². The Kier molecular flexibility index (Phi) is 5.13. The first kappa shape index (κ1) is 14.5. The standard InChI is InChI=1S/C14H24N4/c1-5-10(3)9-18(6-2)14-12(13(15)16)8-7-11(4)17-14/h7-8,10H,5-6,9H2,1-4H3,(H3,15,16). The molecular weight excluding hydrogens is 224 g/mol. The third-order valence-electron chi connectivity index (χ3n) is 3.21. The highest BCUT2D eigenvalue weighted by Crippen LogP contribution is 2.20. The lowest BCUT2D eigenvalue weighted by Gasteiger charge is -2.27. The molecule has 3 N–H and O–H groups in total. The Morgan fingerprint density at radius 3 is 2.61 bits per heavy atom. The molecule has 0 saturated heterocycles. The minimum Gasteiger partial charge on any atom is -0.384 e. The molecule has 4 heteroatoms. The highest BCUT2D eigenvalue weighted by atomic mass is 15.2. The van der Waals surface area contributed by atoms with Gasteiger partial charge in [0.05, 0.1) is 5.56 Å². The van der Waals surface area contributed by atoms with Crippen molar-refractivity contribution in [3.8, 4) is 0 Å². The smallest absolute Gasteiger partial charge is 0.139 e. The van der Waals surface area contributed by atoms with Crippen LogP contribution in [0.2, 0.25) is 0 Å². The number of anilines is 1. The number of nitrogens with zero attached hydrogens (tertiary/aromatic N) is 2. The lowest BCUT2D eigenvalue weighted by molar-refractivity contribution is 0.545. The van der Waals surface area contributed by atoms with Gasteiger partial charge in [0.15, 0.2) is 0 Å². The van der Waals surface area contributed by atoms with Gasteiger partial charge in [-0.15, -0.1) is 0 Å². The van der Waals surface area contributed by atoms with Crippen molar-refractivity contribution < 1.29 is 0 Å². The molecule has 1 atom stereocenters. The van der Waals surface area contributed by atoms with Crippen molar-refractivity contribution in [1.82, 2.24) is 4.98 Å². The van der Waals surface area contributed by atoms with Gasteiger partial charge in [0.1, 0.15) is 11.7 Å². The second-order valence-corrected chi connectivity index (χ2v) is 4.79. The Morgan fingerprint density at radius 1 is 1.44 bits per heavy atom. The van der Waals surface area contributed by atoms with E-state index in [-0.39, 0.29) is 5.84 Å². The fourth-order valence-corrected chi connectivity index (χ4v) is 1.86. The molecule has 4 nitrogen and oxygen atoms in total. The first-order valence-electron chi connectivity index (χ1n) is 6.56. The van der Waals surface area contributed by atoms with Crippen molar-refractivity contribution in [1.29, 1.82) is 5.41 Å². The number of nitrogens with two attached hydrogens (primary N) is 1. The van der Waals surface area contributed by atoms with Gasteiger partial charge in [0.2, 0.25) is 0 Å². The Balaban J connectivity index is 3.10. The zero-order valence-corrected chi connectivity index (χ0v) is 11.8. The molecule has 0 aliphatic heterocycles. The van der Waals surface area contributed by atoms with Crippen molar-refractivity contribution in [2.75, 3.05) is 18.0 Å². The van der Waals surface area contributed by atoms with Gasteiger partial charge in [-0.1, -0.05) is 20.3 Å². The summed E-state index contributed by atoms with van der Waals surface area (Å²) in [5.74, 6) is 1.53. The van der Waals surface area contributed by atoms with Gasteiger partial charge in [-0.3, -0.25) is 5.41 Å². The van der Waals surface area contributed by atoms with Gasteiger partial charge in [-0.2, -0.15) is 0 Å². The van der Waals surface area contributed by atoms with Gasteiger partial charge >= 0.3 is 0 Å². The molecule has 0 aliphatic rings. The number of nitrogens with one attached hydrogen (secondary N) is 1. The van der Waals surface area contributed by atoms with Crippen molar-refractivity contribution >= 4 is 11.7 Å². The van der Waals surface area contributed by atoms with E-state index in [0.717, 1.165) is 36.6 Å². The molecule has 0 aromatic carbocycles. The molecule has 0 bridgehead atoms. The average Bonchev–Trinajstić information content (AvgIpc) is 2.35. The Bertz CT molecular complexity index is 414. The zero-order valence-electron chi connectivity index (χ0n) is 11.8. The first-order valence-corrected chi connectivity index (χ1v) is 6.56. The number of amidine groups is 1. The highest BCUT2D eigenvalue weighted by molar-refractivity contribution is 5.99. The molecule has 100 valence electrons. The van der Waals surface area contributed by atoms with Crippen LogP contribution in [-0.4, -0.2) is 23.9 Å². The minimum absolute atomic E-state index is 0.0834. The van der Waals surface area contributed by atoms with Crippen molar-refractivity contribution in [2.45, 2.75) is 34.1 Å². The van der Waals surface area contributed by atoms with Crippen LogP contribution in [0.5, 0.6) is 0 Å². The number of hydrogen-bond donors (Lipinski definition) is 2. The van der Waals surface area contributed by atoms with Crippen molar-refractivity contribution in [2.24, 2.45) is 11.7 Å². The Morgan fingerprint density at radius 2 is 2.11 bits per heavy atom. The summed E-state index contributed by atoms with van der Waals surface area (Å²) in [5.41, 5.74) is 7.32. The van der Waals surface area contributed by atoms with Gasteiger partial charge in [0.25, 0.3) is 0 Å². The second-order valence-electron chi connectivity index (χ2n) is 4.79. The molecule has 1 aromatic rings. The van der Waals surface area contributed by atoms with E-state index in [2.05, 4.69) is 30.7 Å². The molecule has 1 heterocycles. The largest absolute Gasteiger partial charge is 0.384 e. The summed E-state index contributed by atoms with van der Waals surface area (Å²) in [6.07, 6.45) is 1.14. The zero-order chi connectivity index (χ0) is 13.7. The summed E-state index contributed by atoms with van der Waals surface area (Å²) >= 11 is 0. The normalized spacial score (nSPS) is 12.2. The lowest BCUT2D eigenvalue weighted by Crippen LogP contribution is -2.31. The molecule has 0 radical (unpaired) electrons. The van der Waals surface area contributed by atoms with Crippen molar-refractivity contribution in [3.05, 3.63) is 23.4 Å². The van der Waals surface area contributed by atoms with Crippen LogP contribution in [0, 0.1) is 18.3 Å². The molecule has 1 aromatic heterocycles. The third-order valence-corrected chi connectivity index (χ3v) is 3.21. The molecule has 0 spiro atoms. The molecule has 0 amide bonds. The molecular formula is C14H24N4. The highest BCUT2D eigenvalue weighted by Gasteiger charge is 2.15.